The molecule has 0 aromatic carbocycles. The highest BCUT2D eigenvalue weighted by Crippen LogP contribution is 2.25. The van der Waals surface area contributed by atoms with Gasteiger partial charge in [0.1, 0.15) is 0 Å². The highest BCUT2D eigenvalue weighted by molar-refractivity contribution is 7.16. The van der Waals surface area contributed by atoms with E-state index in [0.717, 1.165) is 24.0 Å². The van der Waals surface area contributed by atoms with Gasteiger partial charge in [-0.05, 0) is 12.1 Å². The second kappa shape index (κ2) is 4.20. The first-order valence-electron chi connectivity index (χ1n) is 5.28. The number of hydrogen-bond acceptors (Lipinski definition) is 3. The Morgan fingerprint density at radius 2 is 2.38 bits per heavy atom. The molecule has 0 spiro atoms. The van der Waals surface area contributed by atoms with Crippen molar-refractivity contribution in [3.05, 3.63) is 39.6 Å². The Hall–Kier alpha value is -0.840. The number of imidazole rings is 1. The van der Waals surface area contributed by atoms with Crippen molar-refractivity contribution in [1.29, 1.82) is 0 Å². The molecular formula is C11H12ClN3S. The SMILES string of the molecule is Clc1ccc(Cn2cncc2C2CNC2)s1. The minimum atomic E-state index is 0.623. The largest absolute Gasteiger partial charge is 0.329 e. The van der Waals surface area contributed by atoms with Crippen LogP contribution < -0.4 is 5.32 Å². The lowest BCUT2D eigenvalue weighted by Crippen LogP contribution is -2.40. The number of rotatable bonds is 3. The van der Waals surface area contributed by atoms with Crippen molar-refractivity contribution in [2.75, 3.05) is 13.1 Å². The molecule has 0 unspecified atom stereocenters. The average Bonchev–Trinajstić information content (AvgIpc) is 2.75. The van der Waals surface area contributed by atoms with E-state index in [-0.39, 0.29) is 0 Å². The van der Waals surface area contributed by atoms with Crippen LogP contribution in [-0.4, -0.2) is 22.6 Å². The molecule has 0 saturated carbocycles. The van der Waals surface area contributed by atoms with Crippen LogP contribution in [0.2, 0.25) is 4.34 Å². The van der Waals surface area contributed by atoms with Crippen LogP contribution in [0.25, 0.3) is 0 Å². The van der Waals surface area contributed by atoms with Gasteiger partial charge in [-0.3, -0.25) is 0 Å². The first kappa shape index (κ1) is 10.3. The maximum Gasteiger partial charge on any atom is 0.0951 e. The third-order valence-corrected chi connectivity index (χ3v) is 4.12. The highest BCUT2D eigenvalue weighted by Gasteiger charge is 2.22. The topological polar surface area (TPSA) is 29.9 Å². The van der Waals surface area contributed by atoms with Crippen molar-refractivity contribution in [1.82, 2.24) is 14.9 Å². The molecule has 84 valence electrons. The summed E-state index contributed by atoms with van der Waals surface area (Å²) in [6.07, 6.45) is 3.88. The third kappa shape index (κ3) is 1.88. The monoisotopic (exact) mass is 253 g/mol. The predicted molar refractivity (Wildman–Crippen MR) is 66.3 cm³/mol. The van der Waals surface area contributed by atoms with Crippen molar-refractivity contribution in [3.8, 4) is 0 Å². The molecule has 3 heterocycles. The van der Waals surface area contributed by atoms with Crippen LogP contribution >= 0.6 is 22.9 Å². The van der Waals surface area contributed by atoms with E-state index in [0.29, 0.717) is 5.92 Å². The molecule has 2 aromatic rings. The van der Waals surface area contributed by atoms with Crippen LogP contribution in [0.3, 0.4) is 0 Å². The normalized spacial score (nSPS) is 16.3. The van der Waals surface area contributed by atoms with Crippen LogP contribution in [0.1, 0.15) is 16.5 Å². The fourth-order valence-electron chi connectivity index (χ4n) is 1.91. The van der Waals surface area contributed by atoms with Gasteiger partial charge in [0.15, 0.2) is 0 Å². The van der Waals surface area contributed by atoms with E-state index in [2.05, 4.69) is 20.9 Å². The zero-order chi connectivity index (χ0) is 11.0. The number of aromatic nitrogens is 2. The number of nitrogens with one attached hydrogen (secondary N) is 1. The van der Waals surface area contributed by atoms with Crippen LogP contribution in [0.4, 0.5) is 0 Å². The third-order valence-electron chi connectivity index (χ3n) is 2.90. The van der Waals surface area contributed by atoms with E-state index in [9.17, 15) is 0 Å². The summed E-state index contributed by atoms with van der Waals surface area (Å²) < 4.78 is 3.06. The van der Waals surface area contributed by atoms with E-state index >= 15 is 0 Å². The maximum atomic E-state index is 5.92. The van der Waals surface area contributed by atoms with Gasteiger partial charge in [-0.1, -0.05) is 11.6 Å². The Bertz CT molecular complexity index is 487. The lowest BCUT2D eigenvalue weighted by molar-refractivity contribution is 0.427. The summed E-state index contributed by atoms with van der Waals surface area (Å²) in [4.78, 5) is 5.51. The van der Waals surface area contributed by atoms with Crippen molar-refractivity contribution in [3.63, 3.8) is 0 Å². The second-order valence-electron chi connectivity index (χ2n) is 4.01. The van der Waals surface area contributed by atoms with Gasteiger partial charge in [0.05, 0.1) is 17.2 Å². The summed E-state index contributed by atoms with van der Waals surface area (Å²) in [6, 6.07) is 4.03. The number of thiophene rings is 1. The van der Waals surface area contributed by atoms with Crippen molar-refractivity contribution in [2.45, 2.75) is 12.5 Å². The van der Waals surface area contributed by atoms with Crippen LogP contribution in [0, 0.1) is 0 Å². The average molecular weight is 254 g/mol. The highest BCUT2D eigenvalue weighted by atomic mass is 35.5. The quantitative estimate of drug-likeness (QED) is 0.910. The Kier molecular flexibility index (Phi) is 2.71. The second-order valence-corrected chi connectivity index (χ2v) is 5.81. The first-order chi connectivity index (χ1) is 7.83. The van der Waals surface area contributed by atoms with Gasteiger partial charge in [-0.2, -0.15) is 0 Å². The van der Waals surface area contributed by atoms with Gasteiger partial charge in [-0.15, -0.1) is 11.3 Å². The first-order valence-corrected chi connectivity index (χ1v) is 6.47. The molecule has 0 aliphatic carbocycles. The van der Waals surface area contributed by atoms with Crippen LogP contribution in [0.15, 0.2) is 24.7 Å². The number of hydrogen-bond donors (Lipinski definition) is 1. The number of halogens is 1. The van der Waals surface area contributed by atoms with Crippen LogP contribution in [-0.2, 0) is 6.54 Å². The maximum absolute atomic E-state index is 5.92. The summed E-state index contributed by atoms with van der Waals surface area (Å²) in [6.45, 7) is 3.01. The fourth-order valence-corrected chi connectivity index (χ4v) is 2.99. The summed E-state index contributed by atoms with van der Waals surface area (Å²) in [5, 5.41) is 3.29. The molecule has 3 nitrogen and oxygen atoms in total. The van der Waals surface area contributed by atoms with Crippen molar-refractivity contribution < 1.29 is 0 Å². The molecule has 1 aliphatic heterocycles. The molecule has 3 rings (SSSR count). The standard InChI is InChI=1S/C11H12ClN3S/c12-11-2-1-9(16-11)6-15-7-14-5-10(15)8-3-13-4-8/h1-2,5,7-8,13H,3-4,6H2. The van der Waals surface area contributed by atoms with Crippen molar-refractivity contribution >= 4 is 22.9 Å². The Morgan fingerprint density at radius 1 is 1.50 bits per heavy atom. The molecule has 0 radical (unpaired) electrons. The van der Waals surface area contributed by atoms with Gasteiger partial charge in [0.25, 0.3) is 0 Å². The molecule has 1 aliphatic rings. The lowest BCUT2D eigenvalue weighted by Gasteiger charge is -2.27. The Labute approximate surface area is 103 Å². The van der Waals surface area contributed by atoms with Gasteiger partial charge in [0, 0.05) is 35.8 Å². The lowest BCUT2D eigenvalue weighted by atomic mass is 10.00. The van der Waals surface area contributed by atoms with Gasteiger partial charge >= 0.3 is 0 Å². The molecular weight excluding hydrogens is 242 g/mol. The molecule has 1 N–H and O–H groups in total. The molecule has 5 heteroatoms. The van der Waals surface area contributed by atoms with Crippen LogP contribution in [0.5, 0.6) is 0 Å². The molecule has 0 bridgehead atoms. The molecule has 1 saturated heterocycles. The summed E-state index contributed by atoms with van der Waals surface area (Å²) in [5.74, 6) is 0.623. The van der Waals surface area contributed by atoms with Crippen molar-refractivity contribution in [2.24, 2.45) is 0 Å². The Balaban J connectivity index is 1.81. The molecule has 2 aromatic heterocycles. The molecule has 16 heavy (non-hydrogen) atoms. The van der Waals surface area contributed by atoms with E-state index in [1.165, 1.54) is 10.6 Å². The molecule has 0 amide bonds. The van der Waals surface area contributed by atoms with E-state index in [1.807, 2.05) is 18.6 Å². The fraction of sp³-hybridized carbons (Fsp3) is 0.364. The summed E-state index contributed by atoms with van der Waals surface area (Å²) >= 11 is 7.56. The minimum Gasteiger partial charge on any atom is -0.329 e. The predicted octanol–water partition coefficient (Wildman–Crippen LogP) is 2.33. The minimum absolute atomic E-state index is 0.623. The van der Waals surface area contributed by atoms with Gasteiger partial charge in [-0.25, -0.2) is 4.98 Å². The zero-order valence-electron chi connectivity index (χ0n) is 8.69. The molecule has 0 atom stereocenters. The van der Waals surface area contributed by atoms with Gasteiger partial charge < -0.3 is 9.88 Å². The van der Waals surface area contributed by atoms with Gasteiger partial charge in [0.2, 0.25) is 0 Å². The van der Waals surface area contributed by atoms with E-state index in [1.54, 1.807) is 11.3 Å². The van der Waals surface area contributed by atoms with E-state index < -0.39 is 0 Å². The Morgan fingerprint density at radius 3 is 3.00 bits per heavy atom. The number of nitrogens with zero attached hydrogens (tertiary/aromatic N) is 2. The zero-order valence-corrected chi connectivity index (χ0v) is 10.3. The van der Waals surface area contributed by atoms with E-state index in [4.69, 9.17) is 11.6 Å². The summed E-state index contributed by atoms with van der Waals surface area (Å²) in [5.41, 5.74) is 1.32. The smallest absolute Gasteiger partial charge is 0.0951 e. The summed E-state index contributed by atoms with van der Waals surface area (Å²) in [7, 11) is 0. The molecule has 1 fully saturated rings.